The van der Waals surface area contributed by atoms with E-state index < -0.39 is 0 Å². The molecule has 0 aromatic carbocycles. The summed E-state index contributed by atoms with van der Waals surface area (Å²) in [7, 11) is 0. The van der Waals surface area contributed by atoms with Crippen LogP contribution in [0, 0.1) is 6.92 Å². The van der Waals surface area contributed by atoms with Gasteiger partial charge in [0.1, 0.15) is 11.7 Å². The number of nitrogens with zero attached hydrogens (tertiary/aromatic N) is 2. The minimum atomic E-state index is -0.325. The molecule has 0 radical (unpaired) electrons. The van der Waals surface area contributed by atoms with Gasteiger partial charge in [0.15, 0.2) is 0 Å². The number of hydrogen-bond donors (Lipinski definition) is 1. The number of ether oxygens (including phenoxy) is 1. The summed E-state index contributed by atoms with van der Waals surface area (Å²) in [5.74, 6) is -0.228. The Morgan fingerprint density at radius 2 is 2.32 bits per heavy atom. The smallest absolute Gasteiger partial charge is 0.322 e. The lowest BCUT2D eigenvalue weighted by molar-refractivity contribution is -0.145. The van der Waals surface area contributed by atoms with Gasteiger partial charge in [-0.05, 0) is 32.9 Å². The lowest BCUT2D eigenvalue weighted by atomic mass is 10.3. The van der Waals surface area contributed by atoms with Crippen LogP contribution < -0.4 is 5.32 Å². The number of imidazole rings is 1. The number of rotatable bonds is 5. The quantitative estimate of drug-likeness (QED) is 0.832. The van der Waals surface area contributed by atoms with Crippen LogP contribution in [0.2, 0.25) is 0 Å². The second-order valence-electron chi connectivity index (χ2n) is 4.43. The maximum atomic E-state index is 11.5. The number of pyridine rings is 1. The summed E-state index contributed by atoms with van der Waals surface area (Å²) in [6, 6.07) is 5.56. The number of aryl methyl sites for hydroxylation is 1. The van der Waals surface area contributed by atoms with E-state index in [0.717, 1.165) is 17.0 Å². The van der Waals surface area contributed by atoms with Gasteiger partial charge in [-0.1, -0.05) is 6.07 Å². The molecule has 0 saturated heterocycles. The van der Waals surface area contributed by atoms with Gasteiger partial charge in [-0.3, -0.25) is 10.1 Å². The highest BCUT2D eigenvalue weighted by atomic mass is 16.5. The molecule has 102 valence electrons. The predicted molar refractivity (Wildman–Crippen MR) is 72.9 cm³/mol. The molecule has 2 rings (SSSR count). The van der Waals surface area contributed by atoms with Gasteiger partial charge in [-0.2, -0.15) is 0 Å². The van der Waals surface area contributed by atoms with E-state index in [1.165, 1.54) is 0 Å². The molecule has 0 aliphatic rings. The fourth-order valence-corrected chi connectivity index (χ4v) is 1.98. The van der Waals surface area contributed by atoms with Crippen LogP contribution >= 0.6 is 0 Å². The molecule has 19 heavy (non-hydrogen) atoms. The fraction of sp³-hybridized carbons (Fsp3) is 0.429. The van der Waals surface area contributed by atoms with Gasteiger partial charge < -0.3 is 9.14 Å². The number of fused-ring (bicyclic) bond motifs is 1. The van der Waals surface area contributed by atoms with E-state index in [1.54, 1.807) is 13.8 Å². The molecule has 5 nitrogen and oxygen atoms in total. The number of aromatic nitrogens is 2. The van der Waals surface area contributed by atoms with Crippen LogP contribution in [0.3, 0.4) is 0 Å². The molecule has 0 spiro atoms. The number of carbonyl (C=O) groups is 1. The molecule has 1 unspecified atom stereocenters. The second-order valence-corrected chi connectivity index (χ2v) is 4.43. The Kier molecular flexibility index (Phi) is 4.16. The van der Waals surface area contributed by atoms with Crippen LogP contribution in [0.4, 0.5) is 0 Å². The Bertz CT molecular complexity index is 577. The topological polar surface area (TPSA) is 55.6 Å². The van der Waals surface area contributed by atoms with E-state index in [1.807, 2.05) is 35.7 Å². The van der Waals surface area contributed by atoms with Crippen LogP contribution in [0.1, 0.15) is 25.2 Å². The summed E-state index contributed by atoms with van der Waals surface area (Å²) in [5, 5.41) is 3.17. The Balaban J connectivity index is 2.09. The molecule has 0 bridgehead atoms. The summed E-state index contributed by atoms with van der Waals surface area (Å²) < 4.78 is 7.00. The van der Waals surface area contributed by atoms with E-state index in [-0.39, 0.29) is 12.0 Å². The monoisotopic (exact) mass is 261 g/mol. The zero-order valence-electron chi connectivity index (χ0n) is 11.5. The number of esters is 1. The van der Waals surface area contributed by atoms with Gasteiger partial charge in [-0.15, -0.1) is 0 Å². The summed E-state index contributed by atoms with van der Waals surface area (Å²) >= 11 is 0. The fourth-order valence-electron chi connectivity index (χ4n) is 1.98. The van der Waals surface area contributed by atoms with Crippen LogP contribution in [-0.2, 0) is 16.1 Å². The molecule has 2 heterocycles. The Hall–Kier alpha value is -1.88. The first-order valence-electron chi connectivity index (χ1n) is 6.46. The summed E-state index contributed by atoms with van der Waals surface area (Å²) in [6.45, 7) is 6.56. The van der Waals surface area contributed by atoms with E-state index in [4.69, 9.17) is 4.74 Å². The maximum Gasteiger partial charge on any atom is 0.322 e. The summed E-state index contributed by atoms with van der Waals surface area (Å²) in [4.78, 5) is 16.0. The molecule has 0 fully saturated rings. The molecular weight excluding hydrogens is 242 g/mol. The molecule has 2 aromatic heterocycles. The van der Waals surface area contributed by atoms with Crippen molar-refractivity contribution in [3.8, 4) is 0 Å². The number of nitrogens with one attached hydrogen (secondary N) is 1. The number of carbonyl (C=O) groups excluding carboxylic acids is 1. The Labute approximate surface area is 112 Å². The van der Waals surface area contributed by atoms with E-state index in [9.17, 15) is 4.79 Å². The van der Waals surface area contributed by atoms with E-state index in [0.29, 0.717) is 13.2 Å². The molecule has 5 heteroatoms. The first kappa shape index (κ1) is 13.5. The van der Waals surface area contributed by atoms with E-state index in [2.05, 4.69) is 10.3 Å². The average molecular weight is 261 g/mol. The van der Waals surface area contributed by atoms with Crippen molar-refractivity contribution in [3.63, 3.8) is 0 Å². The van der Waals surface area contributed by atoms with Gasteiger partial charge in [-0.25, -0.2) is 4.98 Å². The number of hydrogen-bond acceptors (Lipinski definition) is 4. The molecule has 0 amide bonds. The first-order chi connectivity index (χ1) is 9.13. The average Bonchev–Trinajstić information content (AvgIpc) is 2.72. The molecule has 0 saturated carbocycles. The van der Waals surface area contributed by atoms with Crippen molar-refractivity contribution in [2.24, 2.45) is 0 Å². The SMILES string of the molecule is CCOC(=O)C(C)NCc1c(C)nc2ccccn12. The van der Waals surface area contributed by atoms with Gasteiger partial charge >= 0.3 is 5.97 Å². The highest BCUT2D eigenvalue weighted by Crippen LogP contribution is 2.11. The minimum absolute atomic E-state index is 0.228. The van der Waals surface area contributed by atoms with E-state index >= 15 is 0 Å². The highest BCUT2D eigenvalue weighted by molar-refractivity contribution is 5.75. The van der Waals surface area contributed by atoms with Gasteiger partial charge in [0.05, 0.1) is 18.0 Å². The van der Waals surface area contributed by atoms with Crippen molar-refractivity contribution >= 4 is 11.6 Å². The third kappa shape index (κ3) is 2.93. The predicted octanol–water partition coefficient (Wildman–Crippen LogP) is 1.68. The van der Waals surface area contributed by atoms with Crippen LogP contribution in [-0.4, -0.2) is 28.0 Å². The van der Waals surface area contributed by atoms with Gasteiger partial charge in [0.2, 0.25) is 0 Å². The molecular formula is C14H19N3O2. The van der Waals surface area contributed by atoms with Crippen LogP contribution in [0.25, 0.3) is 5.65 Å². The zero-order valence-corrected chi connectivity index (χ0v) is 11.5. The third-order valence-electron chi connectivity index (χ3n) is 3.04. The van der Waals surface area contributed by atoms with Crippen molar-refractivity contribution in [1.29, 1.82) is 0 Å². The largest absolute Gasteiger partial charge is 0.465 e. The minimum Gasteiger partial charge on any atom is -0.465 e. The molecule has 1 N–H and O–H groups in total. The summed E-state index contributed by atoms with van der Waals surface area (Å²) in [5.41, 5.74) is 2.95. The third-order valence-corrected chi connectivity index (χ3v) is 3.04. The molecule has 0 aliphatic carbocycles. The highest BCUT2D eigenvalue weighted by Gasteiger charge is 2.15. The van der Waals surface area contributed by atoms with Crippen LogP contribution in [0.15, 0.2) is 24.4 Å². The van der Waals surface area contributed by atoms with Gasteiger partial charge in [0.25, 0.3) is 0 Å². The second kappa shape index (κ2) is 5.84. The molecule has 0 aliphatic heterocycles. The molecule has 1 atom stereocenters. The van der Waals surface area contributed by atoms with Crippen LogP contribution in [0.5, 0.6) is 0 Å². The zero-order chi connectivity index (χ0) is 13.8. The Morgan fingerprint density at radius 3 is 3.05 bits per heavy atom. The normalized spacial score (nSPS) is 12.6. The lowest BCUT2D eigenvalue weighted by Gasteiger charge is -2.12. The standard InChI is InChI=1S/C14H19N3O2/c1-4-19-14(18)11(3)15-9-12-10(2)16-13-7-5-6-8-17(12)13/h5-8,11,15H,4,9H2,1-3H3. The summed E-state index contributed by atoms with van der Waals surface area (Å²) in [6.07, 6.45) is 1.97. The lowest BCUT2D eigenvalue weighted by Crippen LogP contribution is -2.35. The first-order valence-corrected chi connectivity index (χ1v) is 6.46. The van der Waals surface area contributed by atoms with Crippen molar-refractivity contribution in [2.45, 2.75) is 33.4 Å². The van der Waals surface area contributed by atoms with Crippen molar-refractivity contribution in [3.05, 3.63) is 35.8 Å². The van der Waals surface area contributed by atoms with Crippen molar-refractivity contribution in [1.82, 2.24) is 14.7 Å². The Morgan fingerprint density at radius 1 is 1.53 bits per heavy atom. The van der Waals surface area contributed by atoms with Gasteiger partial charge in [0, 0.05) is 12.7 Å². The van der Waals surface area contributed by atoms with Crippen molar-refractivity contribution in [2.75, 3.05) is 6.61 Å². The maximum absolute atomic E-state index is 11.5. The molecule has 2 aromatic rings. The van der Waals surface area contributed by atoms with Crippen molar-refractivity contribution < 1.29 is 9.53 Å².